The third-order valence-corrected chi connectivity index (χ3v) is 7.25. The van der Waals surface area contributed by atoms with Crippen LogP contribution in [0, 0.1) is 0 Å². The molecule has 0 aromatic heterocycles. The first-order valence-electron chi connectivity index (χ1n) is 11.1. The summed E-state index contributed by atoms with van der Waals surface area (Å²) < 4.78 is 0. The van der Waals surface area contributed by atoms with Crippen molar-refractivity contribution in [2.45, 2.75) is 30.2 Å². The highest BCUT2D eigenvalue weighted by molar-refractivity contribution is 6.33. The minimum atomic E-state index is -0.132. The van der Waals surface area contributed by atoms with E-state index in [0.717, 1.165) is 32.4 Å². The standard InChI is InChI=1S/C27H28Cl2N2O/c28-24-14-8-7-13-23(24)26(32)30-20-27(22-11-5-2-6-12-22)15-17-31(18-16-27)25(29)19-21-9-3-1-4-10-21/h1-14,25H,15-20H2,(H,30,32). The molecule has 1 N–H and O–H groups in total. The van der Waals surface area contributed by atoms with Gasteiger partial charge in [0, 0.05) is 31.5 Å². The van der Waals surface area contributed by atoms with E-state index >= 15 is 0 Å². The molecule has 3 nitrogen and oxygen atoms in total. The number of nitrogens with zero attached hydrogens (tertiary/aromatic N) is 1. The van der Waals surface area contributed by atoms with Gasteiger partial charge in [-0.25, -0.2) is 0 Å². The lowest BCUT2D eigenvalue weighted by molar-refractivity contribution is 0.0916. The lowest BCUT2D eigenvalue weighted by Crippen LogP contribution is -2.50. The molecule has 0 spiro atoms. The highest BCUT2D eigenvalue weighted by atomic mass is 35.5. The van der Waals surface area contributed by atoms with Gasteiger partial charge in [-0.3, -0.25) is 9.69 Å². The van der Waals surface area contributed by atoms with Crippen LogP contribution in [0.15, 0.2) is 84.9 Å². The van der Waals surface area contributed by atoms with Gasteiger partial charge >= 0.3 is 0 Å². The van der Waals surface area contributed by atoms with Crippen molar-refractivity contribution in [3.63, 3.8) is 0 Å². The van der Waals surface area contributed by atoms with Crippen LogP contribution < -0.4 is 5.32 Å². The minimum Gasteiger partial charge on any atom is -0.351 e. The summed E-state index contributed by atoms with van der Waals surface area (Å²) in [5.74, 6) is -0.132. The zero-order valence-corrected chi connectivity index (χ0v) is 19.5. The molecule has 1 aliphatic heterocycles. The highest BCUT2D eigenvalue weighted by Gasteiger charge is 2.38. The van der Waals surface area contributed by atoms with Gasteiger partial charge in [-0.1, -0.05) is 84.4 Å². The average Bonchev–Trinajstić information content (AvgIpc) is 2.84. The van der Waals surface area contributed by atoms with E-state index in [1.54, 1.807) is 12.1 Å². The Kier molecular flexibility index (Phi) is 7.51. The zero-order chi connectivity index (χ0) is 22.4. The summed E-state index contributed by atoms with van der Waals surface area (Å²) in [5, 5.41) is 3.63. The monoisotopic (exact) mass is 466 g/mol. The second kappa shape index (κ2) is 10.5. The van der Waals surface area contributed by atoms with E-state index in [1.165, 1.54) is 11.1 Å². The summed E-state index contributed by atoms with van der Waals surface area (Å²) in [5.41, 5.74) is 2.85. The van der Waals surface area contributed by atoms with Crippen LogP contribution in [0.1, 0.15) is 34.3 Å². The zero-order valence-electron chi connectivity index (χ0n) is 18.0. The van der Waals surface area contributed by atoms with Gasteiger partial charge in [0.15, 0.2) is 0 Å². The Morgan fingerprint density at radius 1 is 0.906 bits per heavy atom. The average molecular weight is 467 g/mol. The minimum absolute atomic E-state index is 0.0381. The molecule has 1 amide bonds. The molecule has 3 aromatic rings. The second-order valence-corrected chi connectivity index (χ2v) is 9.38. The number of alkyl halides is 1. The van der Waals surface area contributed by atoms with Crippen LogP contribution in [0.2, 0.25) is 5.02 Å². The third kappa shape index (κ3) is 5.35. The largest absolute Gasteiger partial charge is 0.351 e. The van der Waals surface area contributed by atoms with E-state index in [-0.39, 0.29) is 16.8 Å². The van der Waals surface area contributed by atoms with E-state index < -0.39 is 0 Å². The van der Waals surface area contributed by atoms with Crippen molar-refractivity contribution < 1.29 is 4.79 Å². The molecule has 5 heteroatoms. The van der Waals surface area contributed by atoms with Gasteiger partial charge in [0.25, 0.3) is 5.91 Å². The van der Waals surface area contributed by atoms with Gasteiger partial charge in [0.05, 0.1) is 16.1 Å². The smallest absolute Gasteiger partial charge is 0.252 e. The van der Waals surface area contributed by atoms with Crippen molar-refractivity contribution in [2.75, 3.05) is 19.6 Å². The van der Waals surface area contributed by atoms with Crippen molar-refractivity contribution in [3.8, 4) is 0 Å². The molecule has 0 bridgehead atoms. The molecule has 1 fully saturated rings. The molecule has 1 atom stereocenters. The number of hydrogen-bond acceptors (Lipinski definition) is 2. The lowest BCUT2D eigenvalue weighted by Gasteiger charge is -2.44. The molecule has 1 heterocycles. The number of carbonyl (C=O) groups is 1. The lowest BCUT2D eigenvalue weighted by atomic mass is 9.72. The van der Waals surface area contributed by atoms with Gasteiger partial charge in [-0.15, -0.1) is 11.6 Å². The number of halogens is 2. The number of carbonyl (C=O) groups excluding carboxylic acids is 1. The Morgan fingerprint density at radius 3 is 2.16 bits per heavy atom. The summed E-state index contributed by atoms with van der Waals surface area (Å²) >= 11 is 13.0. The molecule has 166 valence electrons. The van der Waals surface area contributed by atoms with Crippen molar-refractivity contribution in [1.82, 2.24) is 10.2 Å². The number of amides is 1. The molecule has 0 aliphatic carbocycles. The van der Waals surface area contributed by atoms with E-state index in [4.69, 9.17) is 23.2 Å². The molecule has 1 unspecified atom stereocenters. The molecule has 1 saturated heterocycles. The molecule has 0 saturated carbocycles. The number of hydrogen-bond donors (Lipinski definition) is 1. The third-order valence-electron chi connectivity index (χ3n) is 6.49. The van der Waals surface area contributed by atoms with E-state index in [0.29, 0.717) is 17.1 Å². The molecule has 1 aliphatic rings. The van der Waals surface area contributed by atoms with Gasteiger partial charge in [-0.05, 0) is 36.1 Å². The van der Waals surface area contributed by atoms with Crippen molar-refractivity contribution in [2.24, 2.45) is 0 Å². The SMILES string of the molecule is O=C(NCC1(c2ccccc2)CCN(C(Cl)Cc2ccccc2)CC1)c1ccccc1Cl. The number of likely N-dealkylation sites (tertiary alicyclic amines) is 1. The maximum absolute atomic E-state index is 12.8. The van der Waals surface area contributed by atoms with Crippen molar-refractivity contribution >= 4 is 29.1 Å². The van der Waals surface area contributed by atoms with Crippen LogP contribution in [-0.2, 0) is 11.8 Å². The Hall–Kier alpha value is -2.33. The Balaban J connectivity index is 1.45. The van der Waals surface area contributed by atoms with Crippen LogP contribution in [0.4, 0.5) is 0 Å². The quantitative estimate of drug-likeness (QED) is 0.346. The molecule has 3 aromatic carbocycles. The molecular weight excluding hydrogens is 439 g/mol. The number of rotatable bonds is 7. The van der Waals surface area contributed by atoms with Crippen LogP contribution in [0.3, 0.4) is 0 Å². The van der Waals surface area contributed by atoms with Gasteiger partial charge in [0.2, 0.25) is 0 Å². The summed E-state index contributed by atoms with van der Waals surface area (Å²) in [4.78, 5) is 15.2. The number of nitrogens with one attached hydrogen (secondary N) is 1. The molecule has 4 rings (SSSR count). The van der Waals surface area contributed by atoms with E-state index in [2.05, 4.69) is 58.7 Å². The number of benzene rings is 3. The van der Waals surface area contributed by atoms with Gasteiger partial charge in [-0.2, -0.15) is 0 Å². The molecule has 0 radical (unpaired) electrons. The maximum atomic E-state index is 12.8. The van der Waals surface area contributed by atoms with Crippen LogP contribution in [0.5, 0.6) is 0 Å². The first-order valence-corrected chi connectivity index (χ1v) is 11.9. The normalized spacial score (nSPS) is 16.9. The molecular formula is C27H28Cl2N2O. The van der Waals surface area contributed by atoms with Crippen LogP contribution >= 0.6 is 23.2 Å². The highest BCUT2D eigenvalue weighted by Crippen LogP contribution is 2.36. The fraction of sp³-hybridized carbons (Fsp3) is 0.296. The predicted octanol–water partition coefficient (Wildman–Crippen LogP) is 5.91. The topological polar surface area (TPSA) is 32.3 Å². The van der Waals surface area contributed by atoms with Gasteiger partial charge < -0.3 is 5.32 Å². The summed E-state index contributed by atoms with van der Waals surface area (Å²) in [7, 11) is 0. The van der Waals surface area contributed by atoms with E-state index in [9.17, 15) is 4.79 Å². The van der Waals surface area contributed by atoms with Gasteiger partial charge in [0.1, 0.15) is 0 Å². The predicted molar refractivity (Wildman–Crippen MR) is 132 cm³/mol. The fourth-order valence-corrected chi connectivity index (χ4v) is 5.11. The van der Waals surface area contributed by atoms with Crippen LogP contribution in [0.25, 0.3) is 0 Å². The Bertz CT molecular complexity index is 1020. The van der Waals surface area contributed by atoms with Crippen molar-refractivity contribution in [1.29, 1.82) is 0 Å². The first-order chi connectivity index (χ1) is 15.6. The fourth-order valence-electron chi connectivity index (χ4n) is 4.52. The summed E-state index contributed by atoms with van der Waals surface area (Å²) in [6, 6.07) is 28.0. The van der Waals surface area contributed by atoms with E-state index in [1.807, 2.05) is 24.3 Å². The Morgan fingerprint density at radius 2 is 1.50 bits per heavy atom. The maximum Gasteiger partial charge on any atom is 0.252 e. The Labute approximate surface area is 200 Å². The number of piperidine rings is 1. The summed E-state index contributed by atoms with van der Waals surface area (Å²) in [6.45, 7) is 2.34. The second-order valence-electron chi connectivity index (χ2n) is 8.47. The molecule has 32 heavy (non-hydrogen) atoms. The summed E-state index contributed by atoms with van der Waals surface area (Å²) in [6.07, 6.45) is 2.68. The van der Waals surface area contributed by atoms with Crippen molar-refractivity contribution in [3.05, 3.63) is 107 Å². The first kappa shape index (κ1) is 22.8. The van der Waals surface area contributed by atoms with Crippen LogP contribution in [-0.4, -0.2) is 35.9 Å².